The summed E-state index contributed by atoms with van der Waals surface area (Å²) in [5, 5.41) is 0. The van der Waals surface area contributed by atoms with Crippen LogP contribution in [0.1, 0.15) is 47.6 Å². The van der Waals surface area contributed by atoms with E-state index in [0.29, 0.717) is 0 Å². The molecule has 0 saturated heterocycles. The molecule has 0 amide bonds. The van der Waals surface area contributed by atoms with Crippen molar-refractivity contribution in [2.75, 3.05) is 0 Å². The molecule has 9 aromatic carbocycles. The molecule has 0 bridgehead atoms. The highest BCUT2D eigenvalue weighted by molar-refractivity contribution is 5.92. The Morgan fingerprint density at radius 3 is 1.07 bits per heavy atom. The SMILES string of the molecule is CC1(C)c2cc(C(c3ccc(-c4ccc(-c5ccccc5)cc4)cc3)c3ccc(-c4ccc(-c5ccccc5)cc4)cc3)ccc2-c2c(-c3ccccc3)cccc21. The van der Waals surface area contributed by atoms with Gasteiger partial charge in [0.15, 0.2) is 0 Å². The molecule has 0 N–H and O–H groups in total. The molecule has 0 aliphatic heterocycles. The van der Waals surface area contributed by atoms with Gasteiger partial charge in [0, 0.05) is 11.3 Å². The smallest absolute Gasteiger partial charge is 0.0340 e. The van der Waals surface area contributed by atoms with Crippen molar-refractivity contribution in [3.05, 3.63) is 252 Å². The van der Waals surface area contributed by atoms with Gasteiger partial charge in [0.1, 0.15) is 0 Å². The Bertz CT molecular complexity index is 2700. The van der Waals surface area contributed by atoms with E-state index >= 15 is 0 Å². The summed E-state index contributed by atoms with van der Waals surface area (Å²) in [5.41, 5.74) is 21.6. The van der Waals surface area contributed by atoms with Gasteiger partial charge in [0.2, 0.25) is 0 Å². The van der Waals surface area contributed by atoms with Crippen LogP contribution >= 0.6 is 0 Å². The first-order chi connectivity index (χ1) is 28.5. The quantitative estimate of drug-likeness (QED) is 0.136. The van der Waals surface area contributed by atoms with E-state index in [2.05, 4.69) is 238 Å². The summed E-state index contributed by atoms with van der Waals surface area (Å²) >= 11 is 0. The van der Waals surface area contributed by atoms with Crippen LogP contribution in [-0.4, -0.2) is 0 Å². The van der Waals surface area contributed by atoms with E-state index in [0.717, 1.165) is 0 Å². The highest BCUT2D eigenvalue weighted by Crippen LogP contribution is 2.53. The van der Waals surface area contributed by atoms with E-state index in [1.165, 1.54) is 94.6 Å². The number of hydrogen-bond acceptors (Lipinski definition) is 0. The largest absolute Gasteiger partial charge is 0.0622 e. The van der Waals surface area contributed by atoms with Crippen LogP contribution in [0.2, 0.25) is 0 Å². The van der Waals surface area contributed by atoms with E-state index in [-0.39, 0.29) is 11.3 Å². The zero-order chi connectivity index (χ0) is 39.1. The summed E-state index contributed by atoms with van der Waals surface area (Å²) in [4.78, 5) is 0. The molecule has 0 atom stereocenters. The van der Waals surface area contributed by atoms with Crippen molar-refractivity contribution < 1.29 is 0 Å². The monoisotopic (exact) mass is 740 g/mol. The van der Waals surface area contributed by atoms with Gasteiger partial charge in [-0.05, 0) is 94.6 Å². The van der Waals surface area contributed by atoms with E-state index in [1.54, 1.807) is 0 Å². The van der Waals surface area contributed by atoms with Crippen LogP contribution in [0.25, 0.3) is 66.8 Å². The van der Waals surface area contributed by atoms with Gasteiger partial charge in [-0.3, -0.25) is 0 Å². The lowest BCUT2D eigenvalue weighted by atomic mass is 9.78. The molecule has 1 aliphatic carbocycles. The van der Waals surface area contributed by atoms with Crippen molar-refractivity contribution in [3.8, 4) is 66.8 Å². The van der Waals surface area contributed by atoms with Crippen molar-refractivity contribution in [2.24, 2.45) is 0 Å². The summed E-state index contributed by atoms with van der Waals surface area (Å²) in [7, 11) is 0. The van der Waals surface area contributed by atoms with Crippen LogP contribution in [0, 0.1) is 0 Å². The van der Waals surface area contributed by atoms with Gasteiger partial charge in [-0.15, -0.1) is 0 Å². The van der Waals surface area contributed by atoms with Gasteiger partial charge in [-0.2, -0.15) is 0 Å². The Hall–Kier alpha value is -7.02. The number of hydrogen-bond donors (Lipinski definition) is 0. The normalized spacial score (nSPS) is 12.6. The van der Waals surface area contributed by atoms with Gasteiger partial charge in [-0.1, -0.05) is 238 Å². The second-order valence-corrected chi connectivity index (χ2v) is 16.1. The topological polar surface area (TPSA) is 0 Å². The number of benzene rings is 9. The summed E-state index contributed by atoms with van der Waals surface area (Å²) < 4.78 is 0. The third kappa shape index (κ3) is 6.47. The molecule has 0 spiro atoms. The third-order valence-corrected chi connectivity index (χ3v) is 12.3. The van der Waals surface area contributed by atoms with Crippen molar-refractivity contribution in [2.45, 2.75) is 25.2 Å². The average molecular weight is 741 g/mol. The fraction of sp³-hybridized carbons (Fsp3) is 0.0690. The van der Waals surface area contributed by atoms with Crippen LogP contribution in [0.15, 0.2) is 224 Å². The minimum atomic E-state index is -0.137. The molecular formula is C58H44. The fourth-order valence-corrected chi connectivity index (χ4v) is 9.13. The highest BCUT2D eigenvalue weighted by Gasteiger charge is 2.37. The minimum Gasteiger partial charge on any atom is -0.0622 e. The minimum absolute atomic E-state index is 0.0578. The fourth-order valence-electron chi connectivity index (χ4n) is 9.13. The zero-order valence-corrected chi connectivity index (χ0v) is 32.9. The first-order valence-electron chi connectivity index (χ1n) is 20.4. The molecule has 0 fully saturated rings. The van der Waals surface area contributed by atoms with E-state index in [1.807, 2.05) is 0 Å². The van der Waals surface area contributed by atoms with Crippen molar-refractivity contribution in [3.63, 3.8) is 0 Å². The first kappa shape index (κ1) is 35.4. The Balaban J connectivity index is 1.03. The molecule has 0 nitrogen and oxygen atoms in total. The van der Waals surface area contributed by atoms with Crippen LogP contribution in [0.5, 0.6) is 0 Å². The Morgan fingerprint density at radius 2 is 0.638 bits per heavy atom. The Morgan fingerprint density at radius 1 is 0.276 bits per heavy atom. The second-order valence-electron chi connectivity index (χ2n) is 16.1. The average Bonchev–Trinajstić information content (AvgIpc) is 3.53. The van der Waals surface area contributed by atoms with E-state index < -0.39 is 0 Å². The van der Waals surface area contributed by atoms with Crippen LogP contribution in [-0.2, 0) is 5.41 Å². The van der Waals surface area contributed by atoms with Gasteiger partial charge in [0.05, 0.1) is 0 Å². The summed E-state index contributed by atoms with van der Waals surface area (Å²) in [5.74, 6) is 0.0578. The van der Waals surface area contributed by atoms with Gasteiger partial charge < -0.3 is 0 Å². The molecular weight excluding hydrogens is 697 g/mol. The zero-order valence-electron chi connectivity index (χ0n) is 32.9. The van der Waals surface area contributed by atoms with Crippen LogP contribution < -0.4 is 0 Å². The maximum Gasteiger partial charge on any atom is 0.0340 e. The van der Waals surface area contributed by atoms with Gasteiger partial charge in [0.25, 0.3) is 0 Å². The molecule has 58 heavy (non-hydrogen) atoms. The van der Waals surface area contributed by atoms with Crippen molar-refractivity contribution in [1.29, 1.82) is 0 Å². The maximum atomic E-state index is 2.50. The molecule has 0 heteroatoms. The lowest BCUT2D eigenvalue weighted by molar-refractivity contribution is 0.659. The van der Waals surface area contributed by atoms with E-state index in [9.17, 15) is 0 Å². The number of fused-ring (bicyclic) bond motifs is 3. The lowest BCUT2D eigenvalue weighted by Crippen LogP contribution is -2.16. The maximum absolute atomic E-state index is 2.50. The molecule has 0 unspecified atom stereocenters. The Kier molecular flexibility index (Phi) is 9.04. The van der Waals surface area contributed by atoms with E-state index in [4.69, 9.17) is 0 Å². The van der Waals surface area contributed by atoms with Crippen LogP contribution in [0.4, 0.5) is 0 Å². The molecule has 0 saturated carbocycles. The summed E-state index contributed by atoms with van der Waals surface area (Å²) in [6.45, 7) is 4.78. The number of rotatable bonds is 8. The molecule has 1 aliphatic rings. The molecule has 10 rings (SSSR count). The molecule has 0 heterocycles. The van der Waals surface area contributed by atoms with Crippen LogP contribution in [0.3, 0.4) is 0 Å². The first-order valence-corrected chi connectivity index (χ1v) is 20.4. The van der Waals surface area contributed by atoms with Gasteiger partial charge in [-0.25, -0.2) is 0 Å². The predicted octanol–water partition coefficient (Wildman–Crippen LogP) is 15.5. The van der Waals surface area contributed by atoms with Gasteiger partial charge >= 0.3 is 0 Å². The molecule has 0 aromatic heterocycles. The molecule has 0 radical (unpaired) electrons. The second kappa shape index (κ2) is 14.8. The molecule has 276 valence electrons. The summed E-state index contributed by atoms with van der Waals surface area (Å²) in [6.07, 6.45) is 0. The highest BCUT2D eigenvalue weighted by atomic mass is 14.4. The standard InChI is InChI=1S/C58H44/c1-58(2)54-20-12-19-52(48-17-10-5-11-18-48)57(54)53-38-37-51(39-55(53)58)56(49-33-29-46(30-34-49)44-25-21-42(22-26-44)40-13-6-3-7-14-40)50-35-31-47(32-36-50)45-27-23-43(24-28-45)41-15-8-4-9-16-41/h3-39,56H,1-2H3. The third-order valence-electron chi connectivity index (χ3n) is 12.3. The molecule has 9 aromatic rings. The van der Waals surface area contributed by atoms with Crippen molar-refractivity contribution >= 4 is 0 Å². The predicted molar refractivity (Wildman–Crippen MR) is 245 cm³/mol. The summed E-state index contributed by atoms with van der Waals surface area (Å²) in [6, 6.07) is 82.5. The Labute approximate surface area is 342 Å². The van der Waals surface area contributed by atoms with Crippen molar-refractivity contribution in [1.82, 2.24) is 0 Å². The lowest BCUT2D eigenvalue weighted by Gasteiger charge is -2.25.